The van der Waals surface area contributed by atoms with Crippen molar-refractivity contribution >= 4 is 35.1 Å². The Bertz CT molecular complexity index is 1270. The molecule has 158 valence electrons. The summed E-state index contributed by atoms with van der Waals surface area (Å²) in [6.45, 7) is 0.142. The van der Waals surface area contributed by atoms with Gasteiger partial charge in [-0.3, -0.25) is 23.9 Å². The molecule has 1 atom stereocenters. The lowest BCUT2D eigenvalue weighted by molar-refractivity contribution is -0.123. The van der Waals surface area contributed by atoms with Crippen LogP contribution in [-0.2, 0) is 16.1 Å². The number of nitrogens with one attached hydrogen (secondary N) is 3. The average molecular weight is 436 g/mol. The number of thioether (sulfide) groups is 1. The minimum Gasteiger partial charge on any atom is -0.326 e. The molecule has 8 nitrogen and oxygen atoms in total. The largest absolute Gasteiger partial charge is 0.330 e. The molecule has 1 aliphatic heterocycles. The van der Waals surface area contributed by atoms with E-state index in [-0.39, 0.29) is 24.3 Å². The molecular weight excluding hydrogens is 416 g/mol. The van der Waals surface area contributed by atoms with Gasteiger partial charge in [0.1, 0.15) is 5.82 Å². The molecule has 0 aliphatic carbocycles. The standard InChI is InChI=1S/C22H20N4O4S/c1-31-15-9-5-8-14(10-15)23-20(28)16-11-17(27)24-19-18(16)21(29)25-22(30)26(19)12-13-6-3-2-4-7-13/h2-10,16H,11-12H2,1H3,(H,23,28)(H,24,27)(H,25,29,30)/t16-/m0/s1. The quantitative estimate of drug-likeness (QED) is 0.532. The van der Waals surface area contributed by atoms with Crippen LogP contribution in [0.1, 0.15) is 23.5 Å². The topological polar surface area (TPSA) is 113 Å². The maximum atomic E-state index is 13.0. The Kier molecular flexibility index (Phi) is 5.77. The van der Waals surface area contributed by atoms with E-state index in [1.54, 1.807) is 6.07 Å². The van der Waals surface area contributed by atoms with Crippen molar-refractivity contribution in [3.05, 3.63) is 86.6 Å². The van der Waals surface area contributed by atoms with Gasteiger partial charge < -0.3 is 10.6 Å². The molecule has 0 saturated carbocycles. The van der Waals surface area contributed by atoms with Crippen LogP contribution in [0.2, 0.25) is 0 Å². The molecule has 3 aromatic rings. The number of fused-ring (bicyclic) bond motifs is 1. The van der Waals surface area contributed by atoms with Crippen molar-refractivity contribution in [3.8, 4) is 0 Å². The smallest absolute Gasteiger partial charge is 0.326 e. The van der Waals surface area contributed by atoms with E-state index in [9.17, 15) is 19.2 Å². The van der Waals surface area contributed by atoms with E-state index < -0.39 is 29.0 Å². The average Bonchev–Trinajstić information content (AvgIpc) is 2.76. The molecule has 0 saturated heterocycles. The molecule has 0 unspecified atom stereocenters. The van der Waals surface area contributed by atoms with Crippen LogP contribution in [0.15, 0.2) is 69.1 Å². The van der Waals surface area contributed by atoms with E-state index >= 15 is 0 Å². The Labute approximate surface area is 181 Å². The van der Waals surface area contributed by atoms with Gasteiger partial charge in [-0.05, 0) is 30.0 Å². The van der Waals surface area contributed by atoms with Gasteiger partial charge in [0.15, 0.2) is 0 Å². The van der Waals surface area contributed by atoms with Crippen molar-refractivity contribution in [1.82, 2.24) is 9.55 Å². The van der Waals surface area contributed by atoms with Crippen molar-refractivity contribution < 1.29 is 9.59 Å². The second kappa shape index (κ2) is 8.65. The van der Waals surface area contributed by atoms with Crippen molar-refractivity contribution in [2.24, 2.45) is 0 Å². The van der Waals surface area contributed by atoms with Crippen LogP contribution < -0.4 is 21.9 Å². The molecule has 1 aliphatic rings. The highest BCUT2D eigenvalue weighted by atomic mass is 32.2. The maximum absolute atomic E-state index is 13.0. The van der Waals surface area contributed by atoms with Crippen LogP contribution in [0.3, 0.4) is 0 Å². The monoisotopic (exact) mass is 436 g/mol. The number of carbonyl (C=O) groups excluding carboxylic acids is 2. The molecule has 31 heavy (non-hydrogen) atoms. The molecule has 2 heterocycles. The van der Waals surface area contributed by atoms with E-state index in [4.69, 9.17) is 0 Å². The Hall–Kier alpha value is -3.59. The van der Waals surface area contributed by atoms with Crippen LogP contribution in [0.4, 0.5) is 11.5 Å². The predicted molar refractivity (Wildman–Crippen MR) is 120 cm³/mol. The Morgan fingerprint density at radius 3 is 2.65 bits per heavy atom. The van der Waals surface area contributed by atoms with Gasteiger partial charge in [0.2, 0.25) is 11.8 Å². The Balaban J connectivity index is 1.74. The van der Waals surface area contributed by atoms with Crippen molar-refractivity contribution in [2.45, 2.75) is 23.8 Å². The lowest BCUT2D eigenvalue weighted by atomic mass is 9.92. The SMILES string of the molecule is CSc1cccc(NC(=O)[C@H]2CC(=O)Nc3c2c(=O)[nH]c(=O)n3Cc2ccccc2)c1. The molecule has 4 rings (SSSR count). The number of anilines is 2. The van der Waals surface area contributed by atoms with Gasteiger partial charge in [0.25, 0.3) is 5.56 Å². The van der Waals surface area contributed by atoms with Crippen LogP contribution in [0.25, 0.3) is 0 Å². The van der Waals surface area contributed by atoms with Crippen LogP contribution in [0.5, 0.6) is 0 Å². The zero-order valence-corrected chi connectivity index (χ0v) is 17.5. The summed E-state index contributed by atoms with van der Waals surface area (Å²) in [6.07, 6.45) is 1.74. The summed E-state index contributed by atoms with van der Waals surface area (Å²) in [6, 6.07) is 16.4. The normalized spacial score (nSPS) is 15.1. The number of aromatic amines is 1. The molecule has 9 heteroatoms. The number of hydrogen-bond donors (Lipinski definition) is 3. The molecule has 0 fully saturated rings. The molecule has 0 bridgehead atoms. The minimum absolute atomic E-state index is 0.0619. The number of rotatable bonds is 5. The molecule has 0 spiro atoms. The first-order valence-corrected chi connectivity index (χ1v) is 10.8. The number of benzene rings is 2. The van der Waals surface area contributed by atoms with E-state index in [1.807, 2.05) is 54.8 Å². The fraction of sp³-hybridized carbons (Fsp3) is 0.182. The fourth-order valence-corrected chi connectivity index (χ4v) is 4.05. The third-order valence-electron chi connectivity index (χ3n) is 5.07. The summed E-state index contributed by atoms with van der Waals surface area (Å²) in [4.78, 5) is 53.9. The van der Waals surface area contributed by atoms with Gasteiger partial charge in [-0.2, -0.15) is 0 Å². The zero-order valence-electron chi connectivity index (χ0n) is 16.7. The summed E-state index contributed by atoms with van der Waals surface area (Å²) >= 11 is 1.53. The lowest BCUT2D eigenvalue weighted by Crippen LogP contribution is -2.42. The van der Waals surface area contributed by atoms with E-state index in [0.29, 0.717) is 5.69 Å². The fourth-order valence-electron chi connectivity index (χ4n) is 3.59. The first kappa shape index (κ1) is 20.7. The van der Waals surface area contributed by atoms with Gasteiger partial charge in [-0.15, -0.1) is 11.8 Å². The number of aromatic nitrogens is 2. The molecule has 1 aromatic heterocycles. The lowest BCUT2D eigenvalue weighted by Gasteiger charge is -2.26. The van der Waals surface area contributed by atoms with Gasteiger partial charge >= 0.3 is 5.69 Å². The second-order valence-electron chi connectivity index (χ2n) is 7.12. The number of hydrogen-bond acceptors (Lipinski definition) is 5. The number of carbonyl (C=O) groups is 2. The van der Waals surface area contributed by atoms with E-state index in [2.05, 4.69) is 15.6 Å². The number of amides is 2. The second-order valence-corrected chi connectivity index (χ2v) is 8.00. The summed E-state index contributed by atoms with van der Waals surface area (Å²) in [7, 11) is 0. The molecule has 2 amide bonds. The van der Waals surface area contributed by atoms with Gasteiger partial charge in [0, 0.05) is 17.0 Å². The molecule has 2 aromatic carbocycles. The summed E-state index contributed by atoms with van der Waals surface area (Å²) in [5.41, 5.74) is 0.129. The Morgan fingerprint density at radius 1 is 1.13 bits per heavy atom. The highest BCUT2D eigenvalue weighted by Crippen LogP contribution is 2.30. The Morgan fingerprint density at radius 2 is 1.90 bits per heavy atom. The van der Waals surface area contributed by atoms with Crippen LogP contribution in [-0.4, -0.2) is 27.6 Å². The van der Waals surface area contributed by atoms with Gasteiger partial charge in [0.05, 0.1) is 18.0 Å². The highest BCUT2D eigenvalue weighted by molar-refractivity contribution is 7.98. The van der Waals surface area contributed by atoms with Gasteiger partial charge in [-0.1, -0.05) is 36.4 Å². The van der Waals surface area contributed by atoms with Crippen molar-refractivity contribution in [3.63, 3.8) is 0 Å². The predicted octanol–water partition coefficient (Wildman–Crippen LogP) is 2.37. The number of nitrogens with zero attached hydrogens (tertiary/aromatic N) is 1. The summed E-state index contributed by atoms with van der Waals surface area (Å²) in [5.74, 6) is -1.87. The third-order valence-corrected chi connectivity index (χ3v) is 5.79. The van der Waals surface area contributed by atoms with Crippen LogP contribution >= 0.6 is 11.8 Å². The van der Waals surface area contributed by atoms with E-state index in [0.717, 1.165) is 10.5 Å². The summed E-state index contributed by atoms with van der Waals surface area (Å²) < 4.78 is 1.28. The van der Waals surface area contributed by atoms with E-state index in [1.165, 1.54) is 16.3 Å². The maximum Gasteiger partial charge on any atom is 0.330 e. The molecule has 3 N–H and O–H groups in total. The van der Waals surface area contributed by atoms with Gasteiger partial charge in [-0.25, -0.2) is 4.79 Å². The van der Waals surface area contributed by atoms with Crippen LogP contribution in [0, 0.1) is 0 Å². The summed E-state index contributed by atoms with van der Waals surface area (Å²) in [5, 5.41) is 5.40. The zero-order chi connectivity index (χ0) is 22.0. The first-order chi connectivity index (χ1) is 15.0. The molecule has 0 radical (unpaired) electrons. The minimum atomic E-state index is -1.02. The highest BCUT2D eigenvalue weighted by Gasteiger charge is 2.35. The van der Waals surface area contributed by atoms with Crippen molar-refractivity contribution in [1.29, 1.82) is 0 Å². The van der Waals surface area contributed by atoms with Crippen molar-refractivity contribution in [2.75, 3.05) is 16.9 Å². The molecular formula is C22H20N4O4S. The third kappa shape index (κ3) is 4.31. The number of H-pyrrole nitrogens is 1. The first-order valence-electron chi connectivity index (χ1n) is 9.62.